The highest BCUT2D eigenvalue weighted by atomic mass is 19.1. The molecule has 3 heterocycles. The van der Waals surface area contributed by atoms with Crippen LogP contribution >= 0.6 is 0 Å². The largest absolute Gasteiger partial charge is 0.450 e. The molecule has 0 aromatic heterocycles. The lowest BCUT2D eigenvalue weighted by molar-refractivity contribution is -0.115. The maximum Gasteiger partial charge on any atom is 0.409 e. The van der Waals surface area contributed by atoms with Crippen LogP contribution in [0.25, 0.3) is 0 Å². The first-order chi connectivity index (χ1) is 15.5. The van der Waals surface area contributed by atoms with E-state index in [9.17, 15) is 18.8 Å². The standard InChI is InChI=1S/C22H26FN5O4/c1-2-32-22(31)28-10-8-27(9-11-28)21(30)16-12-14(5-6-17(16)23)13-18-19-15(4-3-7-24-19)20(29)26-25-18/h5-6,12,18,24H,2-4,7-11,13H2,1H3. The zero-order valence-corrected chi connectivity index (χ0v) is 18.0. The van der Waals surface area contributed by atoms with E-state index >= 15 is 0 Å². The number of halogens is 1. The molecule has 10 heteroatoms. The number of piperazine rings is 1. The van der Waals surface area contributed by atoms with E-state index in [1.54, 1.807) is 24.0 Å². The summed E-state index contributed by atoms with van der Waals surface area (Å²) in [6.07, 6.45) is 1.53. The fourth-order valence-electron chi connectivity index (χ4n) is 4.22. The number of nitrogens with zero attached hydrogens (tertiary/aromatic N) is 4. The van der Waals surface area contributed by atoms with Crippen molar-refractivity contribution in [2.24, 2.45) is 10.2 Å². The molecule has 1 atom stereocenters. The summed E-state index contributed by atoms with van der Waals surface area (Å²) in [5.74, 6) is -1.31. The Bertz CT molecular complexity index is 985. The SMILES string of the molecule is CCOC(=O)N1CCN(C(=O)c2cc(CC3N=NC(=O)C4=C3NCCC4)ccc2F)CC1. The summed E-state index contributed by atoms with van der Waals surface area (Å²) < 4.78 is 19.5. The molecule has 0 aliphatic carbocycles. The molecule has 3 aliphatic heterocycles. The number of carbonyl (C=O) groups is 3. The molecule has 1 fully saturated rings. The van der Waals surface area contributed by atoms with Crippen molar-refractivity contribution in [3.05, 3.63) is 46.4 Å². The molecule has 32 heavy (non-hydrogen) atoms. The Morgan fingerprint density at radius 3 is 2.72 bits per heavy atom. The van der Waals surface area contributed by atoms with Gasteiger partial charge in [0.15, 0.2) is 0 Å². The molecule has 3 aliphatic rings. The number of benzene rings is 1. The number of carbonyl (C=O) groups excluding carboxylic acids is 3. The summed E-state index contributed by atoms with van der Waals surface area (Å²) in [6.45, 7) is 4.08. The molecule has 0 bridgehead atoms. The van der Waals surface area contributed by atoms with Crippen LogP contribution in [-0.2, 0) is 16.0 Å². The Kier molecular flexibility index (Phi) is 6.48. The molecule has 0 spiro atoms. The minimum absolute atomic E-state index is 0.0123. The molecular formula is C22H26FN5O4. The van der Waals surface area contributed by atoms with E-state index in [0.29, 0.717) is 51.2 Å². The van der Waals surface area contributed by atoms with Gasteiger partial charge in [-0.25, -0.2) is 9.18 Å². The first-order valence-electron chi connectivity index (χ1n) is 10.9. The van der Waals surface area contributed by atoms with Crippen molar-refractivity contribution < 1.29 is 23.5 Å². The number of amides is 3. The van der Waals surface area contributed by atoms with Crippen LogP contribution in [0.3, 0.4) is 0 Å². The minimum Gasteiger partial charge on any atom is -0.450 e. The molecule has 1 aromatic rings. The van der Waals surface area contributed by atoms with Crippen LogP contribution < -0.4 is 5.32 Å². The first-order valence-corrected chi connectivity index (χ1v) is 10.9. The van der Waals surface area contributed by atoms with Crippen molar-refractivity contribution in [3.8, 4) is 0 Å². The predicted octanol–water partition coefficient (Wildman–Crippen LogP) is 2.28. The number of rotatable bonds is 4. The lowest BCUT2D eigenvalue weighted by Crippen LogP contribution is -2.50. The third-order valence-corrected chi connectivity index (χ3v) is 5.91. The van der Waals surface area contributed by atoms with E-state index in [4.69, 9.17) is 4.74 Å². The van der Waals surface area contributed by atoms with E-state index in [1.807, 2.05) is 0 Å². The minimum atomic E-state index is -0.595. The van der Waals surface area contributed by atoms with Crippen molar-refractivity contribution >= 4 is 17.9 Å². The average molecular weight is 443 g/mol. The van der Waals surface area contributed by atoms with E-state index in [2.05, 4.69) is 15.5 Å². The van der Waals surface area contributed by atoms with Crippen molar-refractivity contribution in [2.75, 3.05) is 39.3 Å². The molecule has 3 amide bonds. The van der Waals surface area contributed by atoms with E-state index in [-0.39, 0.29) is 17.5 Å². The normalized spacial score (nSPS) is 20.7. The number of hydrogen-bond acceptors (Lipinski definition) is 6. The lowest BCUT2D eigenvalue weighted by atomic mass is 9.93. The molecule has 0 saturated carbocycles. The van der Waals surface area contributed by atoms with Gasteiger partial charge in [-0.1, -0.05) is 6.07 Å². The van der Waals surface area contributed by atoms with Crippen LogP contribution in [-0.4, -0.2) is 73.1 Å². The molecule has 0 radical (unpaired) electrons. The zero-order chi connectivity index (χ0) is 22.7. The number of hydrogen-bond donors (Lipinski definition) is 1. The van der Waals surface area contributed by atoms with Gasteiger partial charge in [-0.15, -0.1) is 5.11 Å². The van der Waals surface area contributed by atoms with Gasteiger partial charge in [-0.2, -0.15) is 5.11 Å². The smallest absolute Gasteiger partial charge is 0.409 e. The van der Waals surface area contributed by atoms with Crippen LogP contribution in [0.1, 0.15) is 35.7 Å². The van der Waals surface area contributed by atoms with Gasteiger partial charge in [-0.05, 0) is 37.5 Å². The molecule has 1 aromatic carbocycles. The molecule has 1 saturated heterocycles. The van der Waals surface area contributed by atoms with Gasteiger partial charge >= 0.3 is 6.09 Å². The summed E-state index contributed by atoms with van der Waals surface area (Å²) >= 11 is 0. The number of azo groups is 1. The van der Waals surface area contributed by atoms with E-state index in [0.717, 1.165) is 24.2 Å². The Hall–Kier alpha value is -3.30. The third-order valence-electron chi connectivity index (χ3n) is 5.91. The summed E-state index contributed by atoms with van der Waals surface area (Å²) in [7, 11) is 0. The number of ether oxygens (including phenoxy) is 1. The monoisotopic (exact) mass is 443 g/mol. The Morgan fingerprint density at radius 2 is 1.97 bits per heavy atom. The second-order valence-corrected chi connectivity index (χ2v) is 7.96. The molecule has 9 nitrogen and oxygen atoms in total. The second-order valence-electron chi connectivity index (χ2n) is 7.96. The van der Waals surface area contributed by atoms with Gasteiger partial charge in [0, 0.05) is 50.4 Å². The maximum atomic E-state index is 14.5. The van der Waals surface area contributed by atoms with Crippen LogP contribution in [0.5, 0.6) is 0 Å². The van der Waals surface area contributed by atoms with E-state index < -0.39 is 17.8 Å². The summed E-state index contributed by atoms with van der Waals surface area (Å²) in [5, 5.41) is 11.2. The third kappa shape index (κ3) is 4.49. The molecule has 170 valence electrons. The Labute approximate surface area is 185 Å². The highest BCUT2D eigenvalue weighted by molar-refractivity contribution is 5.96. The van der Waals surface area contributed by atoms with Crippen molar-refractivity contribution in [1.29, 1.82) is 0 Å². The topological polar surface area (TPSA) is 104 Å². The van der Waals surface area contributed by atoms with Crippen molar-refractivity contribution in [2.45, 2.75) is 32.2 Å². The van der Waals surface area contributed by atoms with Crippen LogP contribution in [0.15, 0.2) is 39.7 Å². The van der Waals surface area contributed by atoms with Gasteiger partial charge in [0.2, 0.25) is 0 Å². The van der Waals surface area contributed by atoms with Crippen LogP contribution in [0, 0.1) is 5.82 Å². The Balaban J connectivity index is 1.46. The molecule has 1 unspecified atom stereocenters. The zero-order valence-electron chi connectivity index (χ0n) is 18.0. The average Bonchev–Trinajstić information content (AvgIpc) is 2.82. The fraction of sp³-hybridized carbons (Fsp3) is 0.500. The summed E-state index contributed by atoms with van der Waals surface area (Å²) in [5.41, 5.74) is 2.16. The van der Waals surface area contributed by atoms with Gasteiger partial charge in [0.25, 0.3) is 11.8 Å². The highest BCUT2D eigenvalue weighted by Crippen LogP contribution is 2.27. The molecular weight excluding hydrogens is 417 g/mol. The summed E-state index contributed by atoms with van der Waals surface area (Å²) in [6, 6.07) is 4.10. The second kappa shape index (κ2) is 9.46. The quantitative estimate of drug-likeness (QED) is 0.769. The van der Waals surface area contributed by atoms with Crippen LogP contribution in [0.4, 0.5) is 9.18 Å². The molecule has 1 N–H and O–H groups in total. The van der Waals surface area contributed by atoms with Gasteiger partial charge in [0.05, 0.1) is 12.2 Å². The fourth-order valence-corrected chi connectivity index (χ4v) is 4.22. The van der Waals surface area contributed by atoms with Crippen molar-refractivity contribution in [1.82, 2.24) is 15.1 Å². The Morgan fingerprint density at radius 1 is 1.22 bits per heavy atom. The summed E-state index contributed by atoms with van der Waals surface area (Å²) in [4.78, 5) is 39.9. The van der Waals surface area contributed by atoms with Gasteiger partial charge in [0.1, 0.15) is 11.9 Å². The highest BCUT2D eigenvalue weighted by Gasteiger charge is 2.30. The first kappa shape index (κ1) is 21.9. The van der Waals surface area contributed by atoms with Gasteiger partial charge < -0.3 is 19.9 Å². The van der Waals surface area contributed by atoms with Crippen molar-refractivity contribution in [3.63, 3.8) is 0 Å². The molecule has 4 rings (SSSR count). The lowest BCUT2D eigenvalue weighted by Gasteiger charge is -2.34. The van der Waals surface area contributed by atoms with E-state index in [1.165, 1.54) is 11.0 Å². The predicted molar refractivity (Wildman–Crippen MR) is 113 cm³/mol. The maximum absolute atomic E-state index is 14.5. The van der Waals surface area contributed by atoms with Crippen LogP contribution in [0.2, 0.25) is 0 Å². The number of nitrogens with one attached hydrogen (secondary N) is 1. The van der Waals surface area contributed by atoms with Gasteiger partial charge in [-0.3, -0.25) is 9.59 Å².